The lowest BCUT2D eigenvalue weighted by atomic mass is 10.1. The molecular formula is C22H22N4O8S2. The van der Waals surface area contributed by atoms with Gasteiger partial charge in [-0.25, -0.2) is 9.36 Å². The standard InChI is InChI=1S/C22H22N4O8S2/c1-13-19(21(27)25(23(13)3)15-5-9-17(10-6-15)35(29,30)31)20-14(2)24(4)26(22(20)28)16-7-11-18(12-8-16)36(32,33)34/h5-12H,1-4H3,(H,29,30,31)(H,32,33,34). The van der Waals surface area contributed by atoms with Crippen molar-refractivity contribution in [2.75, 3.05) is 0 Å². The van der Waals surface area contributed by atoms with Crippen LogP contribution in [0, 0.1) is 13.8 Å². The van der Waals surface area contributed by atoms with Gasteiger partial charge in [0.15, 0.2) is 0 Å². The molecule has 0 amide bonds. The molecule has 0 aliphatic heterocycles. The second-order valence-electron chi connectivity index (χ2n) is 8.14. The maximum absolute atomic E-state index is 13.5. The maximum atomic E-state index is 13.5. The molecule has 0 aliphatic rings. The summed E-state index contributed by atoms with van der Waals surface area (Å²) in [6, 6.07) is 10.1. The minimum Gasteiger partial charge on any atom is -0.285 e. The van der Waals surface area contributed by atoms with E-state index in [9.17, 15) is 35.5 Å². The van der Waals surface area contributed by atoms with Gasteiger partial charge >= 0.3 is 0 Å². The highest BCUT2D eigenvalue weighted by Gasteiger charge is 2.26. The summed E-state index contributed by atoms with van der Waals surface area (Å²) in [4.78, 5) is 26.4. The van der Waals surface area contributed by atoms with Crippen molar-refractivity contribution in [2.24, 2.45) is 14.1 Å². The first-order valence-corrected chi connectivity index (χ1v) is 13.3. The number of nitrogens with zero attached hydrogens (tertiary/aromatic N) is 4. The molecule has 4 aromatic rings. The van der Waals surface area contributed by atoms with Crippen LogP contribution in [0.2, 0.25) is 0 Å². The van der Waals surface area contributed by atoms with Gasteiger partial charge in [0.1, 0.15) is 0 Å². The van der Waals surface area contributed by atoms with E-state index in [0.717, 1.165) is 24.3 Å². The zero-order valence-corrected chi connectivity index (χ0v) is 21.2. The smallest absolute Gasteiger partial charge is 0.285 e. The minimum absolute atomic E-state index is 0.141. The summed E-state index contributed by atoms with van der Waals surface area (Å²) in [6.07, 6.45) is 0. The van der Waals surface area contributed by atoms with Gasteiger partial charge in [-0.3, -0.25) is 28.1 Å². The van der Waals surface area contributed by atoms with Crippen molar-refractivity contribution >= 4 is 20.2 Å². The van der Waals surface area contributed by atoms with Crippen LogP contribution in [-0.2, 0) is 34.3 Å². The quantitative estimate of drug-likeness (QED) is 0.363. The van der Waals surface area contributed by atoms with E-state index in [1.54, 1.807) is 27.9 Å². The molecule has 190 valence electrons. The van der Waals surface area contributed by atoms with Crippen molar-refractivity contribution in [1.29, 1.82) is 0 Å². The van der Waals surface area contributed by atoms with E-state index in [0.29, 0.717) is 22.8 Å². The Morgan fingerprint density at radius 2 is 0.861 bits per heavy atom. The largest absolute Gasteiger partial charge is 0.294 e. The Morgan fingerprint density at radius 1 is 0.583 bits per heavy atom. The third kappa shape index (κ3) is 4.03. The van der Waals surface area contributed by atoms with Gasteiger partial charge in [0.05, 0.1) is 32.3 Å². The summed E-state index contributed by atoms with van der Waals surface area (Å²) in [5.74, 6) is 0. The monoisotopic (exact) mass is 534 g/mol. The molecule has 2 aromatic heterocycles. The predicted octanol–water partition coefficient (Wildman–Crippen LogP) is 1.44. The predicted molar refractivity (Wildman–Crippen MR) is 130 cm³/mol. The van der Waals surface area contributed by atoms with E-state index in [4.69, 9.17) is 0 Å². The second-order valence-corrected chi connectivity index (χ2v) is 11.0. The number of hydrogen-bond donors (Lipinski definition) is 2. The summed E-state index contributed by atoms with van der Waals surface area (Å²) in [5, 5.41) is 0. The lowest BCUT2D eigenvalue weighted by Crippen LogP contribution is -2.23. The van der Waals surface area contributed by atoms with Crippen LogP contribution in [-0.4, -0.2) is 44.7 Å². The van der Waals surface area contributed by atoms with Gasteiger partial charge < -0.3 is 0 Å². The van der Waals surface area contributed by atoms with E-state index in [1.165, 1.54) is 43.0 Å². The van der Waals surface area contributed by atoms with Crippen LogP contribution >= 0.6 is 0 Å². The van der Waals surface area contributed by atoms with Gasteiger partial charge in [-0.15, -0.1) is 0 Å². The first-order valence-electron chi connectivity index (χ1n) is 10.4. The summed E-state index contributed by atoms with van der Waals surface area (Å²) >= 11 is 0. The van der Waals surface area contributed by atoms with E-state index in [-0.39, 0.29) is 20.9 Å². The highest BCUT2D eigenvalue weighted by Crippen LogP contribution is 2.24. The van der Waals surface area contributed by atoms with Crippen molar-refractivity contribution in [2.45, 2.75) is 23.6 Å². The molecule has 0 unspecified atom stereocenters. The fourth-order valence-electron chi connectivity index (χ4n) is 4.09. The second kappa shape index (κ2) is 8.44. The lowest BCUT2D eigenvalue weighted by Gasteiger charge is -2.08. The third-order valence-electron chi connectivity index (χ3n) is 6.12. The molecule has 0 saturated carbocycles. The molecule has 2 heterocycles. The van der Waals surface area contributed by atoms with Crippen molar-refractivity contribution in [3.8, 4) is 22.5 Å². The molecule has 2 N–H and O–H groups in total. The lowest BCUT2D eigenvalue weighted by molar-refractivity contribution is 0.481. The Bertz CT molecular complexity index is 1700. The van der Waals surface area contributed by atoms with Gasteiger partial charge in [-0.1, -0.05) is 0 Å². The molecule has 0 aliphatic carbocycles. The van der Waals surface area contributed by atoms with Crippen molar-refractivity contribution < 1.29 is 25.9 Å². The minimum atomic E-state index is -4.41. The van der Waals surface area contributed by atoms with E-state index >= 15 is 0 Å². The van der Waals surface area contributed by atoms with Crippen LogP contribution in [0.1, 0.15) is 11.4 Å². The highest BCUT2D eigenvalue weighted by molar-refractivity contribution is 7.86. The van der Waals surface area contributed by atoms with Crippen LogP contribution < -0.4 is 11.1 Å². The fourth-order valence-corrected chi connectivity index (χ4v) is 5.05. The van der Waals surface area contributed by atoms with Crippen molar-refractivity contribution in [3.05, 3.63) is 80.6 Å². The number of hydrogen-bond acceptors (Lipinski definition) is 6. The zero-order valence-electron chi connectivity index (χ0n) is 19.6. The van der Waals surface area contributed by atoms with Crippen LogP contribution in [0.15, 0.2) is 67.9 Å². The van der Waals surface area contributed by atoms with E-state index in [2.05, 4.69) is 0 Å². The van der Waals surface area contributed by atoms with Crippen LogP contribution in [0.5, 0.6) is 0 Å². The number of aromatic nitrogens is 4. The Balaban J connectivity index is 1.91. The van der Waals surface area contributed by atoms with Gasteiger partial charge in [0, 0.05) is 25.5 Å². The zero-order chi connectivity index (χ0) is 26.7. The topological polar surface area (TPSA) is 163 Å². The van der Waals surface area contributed by atoms with Crippen LogP contribution in [0.25, 0.3) is 22.5 Å². The molecule has 14 heteroatoms. The summed E-state index contributed by atoms with van der Waals surface area (Å²) < 4.78 is 69.4. The van der Waals surface area contributed by atoms with Gasteiger partial charge in [-0.05, 0) is 62.4 Å². The molecule has 4 rings (SSSR count). The van der Waals surface area contributed by atoms with Crippen LogP contribution in [0.4, 0.5) is 0 Å². The Hall–Kier alpha value is -3.72. The van der Waals surface area contributed by atoms with Crippen molar-refractivity contribution in [1.82, 2.24) is 18.7 Å². The molecule has 0 radical (unpaired) electrons. The maximum Gasteiger partial charge on any atom is 0.294 e. The Morgan fingerprint density at radius 3 is 1.11 bits per heavy atom. The highest BCUT2D eigenvalue weighted by atomic mass is 32.2. The Kier molecular flexibility index (Phi) is 5.95. The van der Waals surface area contributed by atoms with Gasteiger partial charge in [0.2, 0.25) is 0 Å². The molecule has 12 nitrogen and oxygen atoms in total. The molecule has 0 saturated heterocycles. The fraction of sp³-hybridized carbons (Fsp3) is 0.182. The van der Waals surface area contributed by atoms with Crippen molar-refractivity contribution in [3.63, 3.8) is 0 Å². The van der Waals surface area contributed by atoms with E-state index in [1.807, 2.05) is 0 Å². The van der Waals surface area contributed by atoms with Crippen LogP contribution in [0.3, 0.4) is 0 Å². The third-order valence-corrected chi connectivity index (χ3v) is 7.85. The average Bonchev–Trinajstić information content (AvgIpc) is 3.14. The molecule has 0 spiro atoms. The molecule has 0 fully saturated rings. The van der Waals surface area contributed by atoms with Gasteiger partial charge in [0.25, 0.3) is 31.4 Å². The summed E-state index contributed by atoms with van der Waals surface area (Å²) in [6.45, 7) is 3.33. The normalized spacial score (nSPS) is 12.3. The molecule has 36 heavy (non-hydrogen) atoms. The summed E-state index contributed by atoms with van der Waals surface area (Å²) in [5.41, 5.74) is 0.823. The molecule has 0 atom stereocenters. The average molecular weight is 535 g/mol. The Labute approximate surface area is 205 Å². The first-order chi connectivity index (χ1) is 16.6. The number of benzene rings is 2. The van der Waals surface area contributed by atoms with E-state index < -0.39 is 31.4 Å². The van der Waals surface area contributed by atoms with Gasteiger partial charge in [-0.2, -0.15) is 16.8 Å². The first kappa shape index (κ1) is 25.4. The molecule has 0 bridgehead atoms. The SMILES string of the molecule is Cc1c(-c2c(C)n(C)n(-c3ccc(S(=O)(=O)O)cc3)c2=O)c(=O)n(-c2ccc(S(=O)(=O)O)cc2)n1C. The molecular weight excluding hydrogens is 512 g/mol. The molecule has 2 aromatic carbocycles. The number of rotatable bonds is 5. The summed E-state index contributed by atoms with van der Waals surface area (Å²) in [7, 11) is -5.59.